The van der Waals surface area contributed by atoms with Crippen molar-refractivity contribution < 1.29 is 13.6 Å². The van der Waals surface area contributed by atoms with E-state index < -0.39 is 11.6 Å². The summed E-state index contributed by atoms with van der Waals surface area (Å²) >= 11 is 0. The second-order valence-electron chi connectivity index (χ2n) is 5.02. The number of rotatable bonds is 3. The summed E-state index contributed by atoms with van der Waals surface area (Å²) in [4.78, 5) is 23.7. The lowest BCUT2D eigenvalue weighted by Gasteiger charge is -2.34. The van der Waals surface area contributed by atoms with Gasteiger partial charge in [0.05, 0.1) is 0 Å². The zero-order valence-corrected chi connectivity index (χ0v) is 11.7. The number of benzene rings is 1. The Hall–Kier alpha value is -2.57. The molecule has 1 aromatic carbocycles. The van der Waals surface area contributed by atoms with Crippen LogP contribution in [0.25, 0.3) is 0 Å². The maximum absolute atomic E-state index is 13.7. The van der Waals surface area contributed by atoms with E-state index in [9.17, 15) is 13.6 Å². The Morgan fingerprint density at radius 1 is 1.14 bits per heavy atom. The first-order chi connectivity index (χ1) is 10.6. The summed E-state index contributed by atoms with van der Waals surface area (Å²) in [6.45, 7) is 1.29. The van der Waals surface area contributed by atoms with E-state index in [2.05, 4.69) is 9.97 Å². The third kappa shape index (κ3) is 3.03. The van der Waals surface area contributed by atoms with Crippen LogP contribution in [0.4, 0.5) is 14.7 Å². The maximum Gasteiger partial charge on any atom is 0.242 e. The molecule has 0 N–H and O–H groups in total. The summed E-state index contributed by atoms with van der Waals surface area (Å²) in [6.07, 6.45) is 3.24. The number of carbonyl (C=O) groups excluding carboxylic acids is 1. The number of halogens is 2. The standard InChI is InChI=1S/C15H14F2N4O/c16-12-3-2-11(13(17)8-12)9-20-6-7-21(10-14(20)22)15-18-4-1-5-19-15/h1-5,8H,6-7,9-10H2. The molecular formula is C15H14F2N4O. The molecule has 0 radical (unpaired) electrons. The van der Waals surface area contributed by atoms with Crippen molar-refractivity contribution in [3.8, 4) is 0 Å². The van der Waals surface area contributed by atoms with Gasteiger partial charge in [0.15, 0.2) is 0 Å². The van der Waals surface area contributed by atoms with Gasteiger partial charge in [-0.1, -0.05) is 6.07 Å². The van der Waals surface area contributed by atoms with Crippen molar-refractivity contribution in [1.82, 2.24) is 14.9 Å². The van der Waals surface area contributed by atoms with Crippen molar-refractivity contribution in [1.29, 1.82) is 0 Å². The van der Waals surface area contributed by atoms with Gasteiger partial charge in [0, 0.05) is 43.7 Å². The van der Waals surface area contributed by atoms with E-state index in [-0.39, 0.29) is 19.0 Å². The van der Waals surface area contributed by atoms with Crippen molar-refractivity contribution in [2.45, 2.75) is 6.54 Å². The Morgan fingerprint density at radius 2 is 1.91 bits per heavy atom. The molecule has 1 fully saturated rings. The largest absolute Gasteiger partial charge is 0.335 e. The molecule has 7 heteroatoms. The highest BCUT2D eigenvalue weighted by Crippen LogP contribution is 2.16. The summed E-state index contributed by atoms with van der Waals surface area (Å²) in [7, 11) is 0. The number of hydrogen-bond donors (Lipinski definition) is 0. The molecule has 0 bridgehead atoms. The summed E-state index contributed by atoms with van der Waals surface area (Å²) in [5.41, 5.74) is 0.305. The average molecular weight is 304 g/mol. The summed E-state index contributed by atoms with van der Waals surface area (Å²) in [5, 5.41) is 0. The van der Waals surface area contributed by atoms with Gasteiger partial charge in [-0.3, -0.25) is 4.79 Å². The quantitative estimate of drug-likeness (QED) is 0.864. The van der Waals surface area contributed by atoms with Crippen LogP contribution in [0.3, 0.4) is 0 Å². The molecule has 1 aliphatic heterocycles. The first-order valence-electron chi connectivity index (χ1n) is 6.87. The van der Waals surface area contributed by atoms with Crippen LogP contribution in [0, 0.1) is 11.6 Å². The van der Waals surface area contributed by atoms with E-state index in [1.165, 1.54) is 12.1 Å². The van der Waals surface area contributed by atoms with E-state index in [0.717, 1.165) is 6.07 Å². The second kappa shape index (κ2) is 6.05. The van der Waals surface area contributed by atoms with Gasteiger partial charge in [0.2, 0.25) is 11.9 Å². The van der Waals surface area contributed by atoms with E-state index >= 15 is 0 Å². The van der Waals surface area contributed by atoms with Crippen molar-refractivity contribution >= 4 is 11.9 Å². The fraction of sp³-hybridized carbons (Fsp3) is 0.267. The van der Waals surface area contributed by atoms with Crippen LogP contribution in [-0.2, 0) is 11.3 Å². The third-order valence-electron chi connectivity index (χ3n) is 3.53. The fourth-order valence-corrected chi connectivity index (χ4v) is 2.36. The molecule has 22 heavy (non-hydrogen) atoms. The van der Waals surface area contributed by atoms with E-state index in [0.29, 0.717) is 24.6 Å². The molecule has 1 saturated heterocycles. The third-order valence-corrected chi connectivity index (χ3v) is 3.53. The molecular weight excluding hydrogens is 290 g/mol. The molecule has 5 nitrogen and oxygen atoms in total. The van der Waals surface area contributed by atoms with Crippen molar-refractivity contribution in [3.05, 3.63) is 53.9 Å². The first kappa shape index (κ1) is 14.4. The predicted octanol–water partition coefficient (Wildman–Crippen LogP) is 1.60. The maximum atomic E-state index is 13.7. The molecule has 1 aromatic heterocycles. The lowest BCUT2D eigenvalue weighted by Crippen LogP contribution is -2.50. The lowest BCUT2D eigenvalue weighted by atomic mass is 10.1. The molecule has 2 heterocycles. The number of amides is 1. The normalized spacial score (nSPS) is 15.3. The number of nitrogens with zero attached hydrogens (tertiary/aromatic N) is 4. The van der Waals surface area contributed by atoms with Crippen LogP contribution < -0.4 is 4.90 Å². The Morgan fingerprint density at radius 3 is 2.59 bits per heavy atom. The highest BCUT2D eigenvalue weighted by Gasteiger charge is 2.26. The van der Waals surface area contributed by atoms with Gasteiger partial charge in [-0.05, 0) is 12.1 Å². The van der Waals surface area contributed by atoms with Crippen LogP contribution in [0.2, 0.25) is 0 Å². The van der Waals surface area contributed by atoms with Crippen LogP contribution >= 0.6 is 0 Å². The van der Waals surface area contributed by atoms with Gasteiger partial charge >= 0.3 is 0 Å². The highest BCUT2D eigenvalue weighted by molar-refractivity contribution is 5.82. The predicted molar refractivity (Wildman–Crippen MR) is 76.0 cm³/mol. The zero-order chi connectivity index (χ0) is 15.5. The zero-order valence-electron chi connectivity index (χ0n) is 11.7. The minimum absolute atomic E-state index is 0.133. The van der Waals surface area contributed by atoms with Gasteiger partial charge in [0.25, 0.3) is 0 Å². The van der Waals surface area contributed by atoms with Crippen LogP contribution in [0.1, 0.15) is 5.56 Å². The Balaban J connectivity index is 1.67. The summed E-state index contributed by atoms with van der Waals surface area (Å²) in [6, 6.07) is 5.09. The van der Waals surface area contributed by atoms with Crippen LogP contribution in [-0.4, -0.2) is 40.4 Å². The molecule has 0 unspecified atom stereocenters. The van der Waals surface area contributed by atoms with Crippen molar-refractivity contribution in [2.75, 3.05) is 24.5 Å². The van der Waals surface area contributed by atoms with E-state index in [1.807, 2.05) is 0 Å². The smallest absolute Gasteiger partial charge is 0.242 e. The van der Waals surface area contributed by atoms with Gasteiger partial charge in [-0.2, -0.15) is 0 Å². The number of carbonyl (C=O) groups is 1. The Kier molecular flexibility index (Phi) is 3.95. The van der Waals surface area contributed by atoms with Gasteiger partial charge < -0.3 is 9.80 Å². The van der Waals surface area contributed by atoms with Crippen LogP contribution in [0.15, 0.2) is 36.7 Å². The molecule has 2 aromatic rings. The van der Waals surface area contributed by atoms with Crippen molar-refractivity contribution in [2.24, 2.45) is 0 Å². The topological polar surface area (TPSA) is 49.3 Å². The monoisotopic (exact) mass is 304 g/mol. The summed E-state index contributed by atoms with van der Waals surface area (Å²) < 4.78 is 26.6. The Bertz CT molecular complexity index is 680. The molecule has 0 aliphatic carbocycles. The number of piperazine rings is 1. The Labute approximate surface area is 126 Å². The van der Waals surface area contributed by atoms with Gasteiger partial charge in [-0.15, -0.1) is 0 Å². The number of aromatic nitrogens is 2. The van der Waals surface area contributed by atoms with Crippen LogP contribution in [0.5, 0.6) is 0 Å². The SMILES string of the molecule is O=C1CN(c2ncccn2)CCN1Cc1ccc(F)cc1F. The summed E-state index contributed by atoms with van der Waals surface area (Å²) in [5.74, 6) is -0.897. The van der Waals surface area contributed by atoms with Crippen molar-refractivity contribution in [3.63, 3.8) is 0 Å². The minimum atomic E-state index is -0.637. The molecule has 0 spiro atoms. The molecule has 0 saturated carbocycles. The second-order valence-corrected chi connectivity index (χ2v) is 5.02. The lowest BCUT2D eigenvalue weighted by molar-refractivity contribution is -0.131. The number of anilines is 1. The van der Waals surface area contributed by atoms with Gasteiger partial charge in [0.1, 0.15) is 18.2 Å². The minimum Gasteiger partial charge on any atom is -0.335 e. The fourth-order valence-electron chi connectivity index (χ4n) is 2.36. The van der Waals surface area contributed by atoms with E-state index in [4.69, 9.17) is 0 Å². The molecule has 3 rings (SSSR count). The number of hydrogen-bond acceptors (Lipinski definition) is 4. The highest BCUT2D eigenvalue weighted by atomic mass is 19.1. The van der Waals surface area contributed by atoms with Gasteiger partial charge in [-0.25, -0.2) is 18.7 Å². The molecule has 1 amide bonds. The molecule has 114 valence electrons. The first-order valence-corrected chi connectivity index (χ1v) is 6.87. The average Bonchev–Trinajstić information content (AvgIpc) is 2.52. The van der Waals surface area contributed by atoms with E-state index in [1.54, 1.807) is 28.3 Å². The molecule has 0 atom stereocenters. The molecule has 1 aliphatic rings.